The van der Waals surface area contributed by atoms with Crippen LogP contribution in [0.2, 0.25) is 0 Å². The molecule has 0 heterocycles. The first-order valence-corrected chi connectivity index (χ1v) is 7.43. The lowest BCUT2D eigenvalue weighted by Crippen LogP contribution is -2.38. The molecule has 1 aliphatic carbocycles. The Labute approximate surface area is 126 Å². The van der Waals surface area contributed by atoms with Crippen LogP contribution in [0.15, 0.2) is 12.1 Å². The predicted octanol–water partition coefficient (Wildman–Crippen LogP) is 2.62. The van der Waals surface area contributed by atoms with Crippen LogP contribution >= 0.6 is 0 Å². The van der Waals surface area contributed by atoms with Gasteiger partial charge >= 0.3 is 0 Å². The molecule has 21 heavy (non-hydrogen) atoms. The quantitative estimate of drug-likeness (QED) is 0.838. The zero-order valence-electron chi connectivity index (χ0n) is 13.3. The first kappa shape index (κ1) is 15.8. The monoisotopic (exact) mass is 295 g/mol. The fourth-order valence-electron chi connectivity index (χ4n) is 2.86. The van der Waals surface area contributed by atoms with Crippen LogP contribution in [-0.4, -0.2) is 40.0 Å². The second-order valence-electron chi connectivity index (χ2n) is 5.11. The molecule has 1 fully saturated rings. The van der Waals surface area contributed by atoms with Gasteiger partial charge in [-0.3, -0.25) is 0 Å². The van der Waals surface area contributed by atoms with Gasteiger partial charge in [0.05, 0.1) is 21.3 Å². The first-order valence-electron chi connectivity index (χ1n) is 7.43. The maximum Gasteiger partial charge on any atom is 0.203 e. The number of hydrogen-bond donors (Lipinski definition) is 1. The number of benzene rings is 1. The van der Waals surface area contributed by atoms with Crippen molar-refractivity contribution in [1.82, 2.24) is 5.32 Å². The third-order valence-electron chi connectivity index (χ3n) is 3.84. The van der Waals surface area contributed by atoms with E-state index in [0.717, 1.165) is 25.1 Å². The van der Waals surface area contributed by atoms with Crippen molar-refractivity contribution in [2.24, 2.45) is 0 Å². The summed E-state index contributed by atoms with van der Waals surface area (Å²) in [5, 5.41) is 3.48. The molecule has 1 aliphatic rings. The summed E-state index contributed by atoms with van der Waals surface area (Å²) in [6.45, 7) is 3.08. The molecule has 1 aromatic rings. The molecular formula is C16H25NO4. The van der Waals surface area contributed by atoms with Gasteiger partial charge in [-0.2, -0.15) is 0 Å². The largest absolute Gasteiger partial charge is 0.493 e. The molecule has 0 bridgehead atoms. The molecule has 118 valence electrons. The SMILES string of the molecule is CCNC1CCCC1Oc1cc(OC)c(OC)c(OC)c1. The second kappa shape index (κ2) is 7.41. The minimum atomic E-state index is 0.188. The normalized spacial score (nSPS) is 21.1. The number of rotatable bonds is 7. The van der Waals surface area contributed by atoms with Crippen LogP contribution in [0.4, 0.5) is 0 Å². The molecule has 0 saturated heterocycles. The van der Waals surface area contributed by atoms with Gasteiger partial charge in [0.25, 0.3) is 0 Å². The highest BCUT2D eigenvalue weighted by molar-refractivity contribution is 5.55. The number of hydrogen-bond acceptors (Lipinski definition) is 5. The molecule has 2 rings (SSSR count). The van der Waals surface area contributed by atoms with Gasteiger partial charge in [-0.05, 0) is 25.8 Å². The molecule has 1 aromatic carbocycles. The number of methoxy groups -OCH3 is 3. The van der Waals surface area contributed by atoms with E-state index in [9.17, 15) is 0 Å². The Balaban J connectivity index is 2.19. The van der Waals surface area contributed by atoms with Crippen LogP contribution < -0.4 is 24.3 Å². The first-order chi connectivity index (χ1) is 10.2. The minimum Gasteiger partial charge on any atom is -0.493 e. The Kier molecular flexibility index (Phi) is 5.56. The summed E-state index contributed by atoms with van der Waals surface area (Å²) in [5.74, 6) is 2.57. The lowest BCUT2D eigenvalue weighted by atomic mass is 10.2. The summed E-state index contributed by atoms with van der Waals surface area (Å²) in [4.78, 5) is 0. The molecule has 0 aliphatic heterocycles. The molecule has 0 radical (unpaired) electrons. The molecule has 5 nitrogen and oxygen atoms in total. The van der Waals surface area contributed by atoms with Gasteiger partial charge in [0, 0.05) is 18.2 Å². The molecule has 0 aromatic heterocycles. The Morgan fingerprint density at radius 2 is 1.71 bits per heavy atom. The van der Waals surface area contributed by atoms with E-state index < -0.39 is 0 Å². The molecular weight excluding hydrogens is 270 g/mol. The predicted molar refractivity (Wildman–Crippen MR) is 81.8 cm³/mol. The van der Waals surface area contributed by atoms with Crippen molar-refractivity contribution in [3.63, 3.8) is 0 Å². The minimum absolute atomic E-state index is 0.188. The lowest BCUT2D eigenvalue weighted by Gasteiger charge is -2.23. The smallest absolute Gasteiger partial charge is 0.203 e. The highest BCUT2D eigenvalue weighted by Gasteiger charge is 2.28. The van der Waals surface area contributed by atoms with Crippen LogP contribution in [0.3, 0.4) is 0 Å². The highest BCUT2D eigenvalue weighted by atomic mass is 16.5. The summed E-state index contributed by atoms with van der Waals surface area (Å²) in [5.41, 5.74) is 0. The van der Waals surface area contributed by atoms with Crippen molar-refractivity contribution in [3.8, 4) is 23.0 Å². The van der Waals surface area contributed by atoms with E-state index in [2.05, 4.69) is 12.2 Å². The summed E-state index contributed by atoms with van der Waals surface area (Å²) in [7, 11) is 4.81. The van der Waals surface area contributed by atoms with Crippen molar-refractivity contribution >= 4 is 0 Å². The number of ether oxygens (including phenoxy) is 4. The van der Waals surface area contributed by atoms with Crippen molar-refractivity contribution in [1.29, 1.82) is 0 Å². The number of nitrogens with one attached hydrogen (secondary N) is 1. The van der Waals surface area contributed by atoms with Gasteiger partial charge in [-0.1, -0.05) is 6.92 Å². The maximum absolute atomic E-state index is 6.15. The zero-order chi connectivity index (χ0) is 15.2. The van der Waals surface area contributed by atoms with Crippen LogP contribution in [0, 0.1) is 0 Å². The van der Waals surface area contributed by atoms with Crippen molar-refractivity contribution < 1.29 is 18.9 Å². The van der Waals surface area contributed by atoms with Crippen molar-refractivity contribution in [2.75, 3.05) is 27.9 Å². The fraction of sp³-hybridized carbons (Fsp3) is 0.625. The molecule has 2 atom stereocenters. The summed E-state index contributed by atoms with van der Waals surface area (Å²) >= 11 is 0. The highest BCUT2D eigenvalue weighted by Crippen LogP contribution is 2.41. The van der Waals surface area contributed by atoms with E-state index in [0.29, 0.717) is 23.3 Å². The average Bonchev–Trinajstić information content (AvgIpc) is 2.93. The Morgan fingerprint density at radius 3 is 2.24 bits per heavy atom. The van der Waals surface area contributed by atoms with Crippen LogP contribution in [0.5, 0.6) is 23.0 Å². The van der Waals surface area contributed by atoms with Gasteiger partial charge in [0.2, 0.25) is 5.75 Å². The summed E-state index contributed by atoms with van der Waals surface area (Å²) in [6.07, 6.45) is 3.59. The van der Waals surface area contributed by atoms with Gasteiger partial charge in [-0.25, -0.2) is 0 Å². The average molecular weight is 295 g/mol. The third-order valence-corrected chi connectivity index (χ3v) is 3.84. The van der Waals surface area contributed by atoms with Crippen LogP contribution in [0.1, 0.15) is 26.2 Å². The zero-order valence-corrected chi connectivity index (χ0v) is 13.3. The standard InChI is InChI=1S/C16H25NO4/c1-5-17-12-7-6-8-13(12)21-11-9-14(18-2)16(20-4)15(10-11)19-3/h9-10,12-13,17H,5-8H2,1-4H3. The van der Waals surface area contributed by atoms with Gasteiger partial charge in [0.15, 0.2) is 11.5 Å². The van der Waals surface area contributed by atoms with Crippen LogP contribution in [-0.2, 0) is 0 Å². The summed E-state index contributed by atoms with van der Waals surface area (Å²) in [6, 6.07) is 4.11. The molecule has 2 unspecified atom stereocenters. The molecule has 0 amide bonds. The topological polar surface area (TPSA) is 49.0 Å². The van der Waals surface area contributed by atoms with Crippen LogP contribution in [0.25, 0.3) is 0 Å². The Hall–Kier alpha value is -1.62. The van der Waals surface area contributed by atoms with E-state index in [-0.39, 0.29) is 6.10 Å². The third kappa shape index (κ3) is 3.53. The lowest BCUT2D eigenvalue weighted by molar-refractivity contribution is 0.174. The van der Waals surface area contributed by atoms with E-state index in [4.69, 9.17) is 18.9 Å². The summed E-state index contributed by atoms with van der Waals surface area (Å²) < 4.78 is 22.2. The molecule has 1 saturated carbocycles. The van der Waals surface area contributed by atoms with Gasteiger partial charge in [0.1, 0.15) is 11.9 Å². The van der Waals surface area contributed by atoms with E-state index >= 15 is 0 Å². The second-order valence-corrected chi connectivity index (χ2v) is 5.11. The Morgan fingerprint density at radius 1 is 1.05 bits per heavy atom. The molecule has 5 heteroatoms. The van der Waals surface area contributed by atoms with Gasteiger partial charge < -0.3 is 24.3 Å². The fourth-order valence-corrected chi connectivity index (χ4v) is 2.86. The molecule has 1 N–H and O–H groups in total. The number of likely N-dealkylation sites (N-methyl/N-ethyl adjacent to an activating group) is 1. The molecule has 0 spiro atoms. The van der Waals surface area contributed by atoms with E-state index in [1.807, 2.05) is 12.1 Å². The van der Waals surface area contributed by atoms with Crippen molar-refractivity contribution in [3.05, 3.63) is 12.1 Å². The van der Waals surface area contributed by atoms with E-state index in [1.54, 1.807) is 21.3 Å². The van der Waals surface area contributed by atoms with Gasteiger partial charge in [-0.15, -0.1) is 0 Å². The maximum atomic E-state index is 6.15. The van der Waals surface area contributed by atoms with Crippen molar-refractivity contribution in [2.45, 2.75) is 38.3 Å². The Bertz CT molecular complexity index is 439. The van der Waals surface area contributed by atoms with E-state index in [1.165, 1.54) is 6.42 Å².